The SMILES string of the molecule is CC(C)C1(C(=O)Nc2ccc(C#N)c(C#N)c2)CCNC1. The van der Waals surface area contributed by atoms with E-state index in [1.54, 1.807) is 18.2 Å². The van der Waals surface area contributed by atoms with Crippen molar-refractivity contribution < 1.29 is 4.79 Å². The number of amides is 1. The Balaban J connectivity index is 2.24. The highest BCUT2D eigenvalue weighted by Gasteiger charge is 2.43. The van der Waals surface area contributed by atoms with Crippen LogP contribution in [0.4, 0.5) is 5.69 Å². The van der Waals surface area contributed by atoms with E-state index >= 15 is 0 Å². The van der Waals surface area contributed by atoms with Crippen molar-refractivity contribution in [3.63, 3.8) is 0 Å². The Kier molecular flexibility index (Phi) is 4.26. The van der Waals surface area contributed by atoms with Crippen molar-refractivity contribution in [3.8, 4) is 12.1 Å². The average molecular weight is 282 g/mol. The lowest BCUT2D eigenvalue weighted by atomic mass is 9.75. The summed E-state index contributed by atoms with van der Waals surface area (Å²) >= 11 is 0. The monoisotopic (exact) mass is 282 g/mol. The molecule has 1 saturated heterocycles. The van der Waals surface area contributed by atoms with Crippen molar-refractivity contribution in [2.75, 3.05) is 18.4 Å². The predicted molar refractivity (Wildman–Crippen MR) is 79.3 cm³/mol. The Labute approximate surface area is 124 Å². The van der Waals surface area contributed by atoms with Gasteiger partial charge in [0.25, 0.3) is 0 Å². The van der Waals surface area contributed by atoms with Crippen molar-refractivity contribution in [1.29, 1.82) is 10.5 Å². The van der Waals surface area contributed by atoms with Crippen LogP contribution in [0.2, 0.25) is 0 Å². The molecule has 0 spiro atoms. The molecule has 0 bridgehead atoms. The van der Waals surface area contributed by atoms with E-state index in [2.05, 4.69) is 10.6 Å². The van der Waals surface area contributed by atoms with Crippen LogP contribution in [0.3, 0.4) is 0 Å². The second-order valence-corrected chi connectivity index (χ2v) is 5.68. The number of hydrogen-bond donors (Lipinski definition) is 2. The molecule has 0 radical (unpaired) electrons. The van der Waals surface area contributed by atoms with Gasteiger partial charge in [-0.1, -0.05) is 13.8 Å². The molecule has 2 N–H and O–H groups in total. The molecule has 108 valence electrons. The summed E-state index contributed by atoms with van der Waals surface area (Å²) in [4.78, 5) is 12.6. The van der Waals surface area contributed by atoms with Gasteiger partial charge < -0.3 is 10.6 Å². The molecule has 5 heteroatoms. The van der Waals surface area contributed by atoms with Crippen LogP contribution in [0, 0.1) is 34.0 Å². The molecule has 0 aliphatic carbocycles. The maximum Gasteiger partial charge on any atom is 0.232 e. The fourth-order valence-corrected chi connectivity index (χ4v) is 2.73. The van der Waals surface area contributed by atoms with Gasteiger partial charge in [-0.25, -0.2) is 0 Å². The minimum Gasteiger partial charge on any atom is -0.326 e. The summed E-state index contributed by atoms with van der Waals surface area (Å²) < 4.78 is 0. The number of rotatable bonds is 3. The van der Waals surface area contributed by atoms with Crippen LogP contribution in [0.1, 0.15) is 31.4 Å². The molecule has 1 heterocycles. The number of nitrogens with zero attached hydrogens (tertiary/aromatic N) is 2. The van der Waals surface area contributed by atoms with Gasteiger partial charge in [-0.3, -0.25) is 4.79 Å². The van der Waals surface area contributed by atoms with Crippen LogP contribution in [0.15, 0.2) is 18.2 Å². The highest BCUT2D eigenvalue weighted by molar-refractivity contribution is 5.96. The van der Waals surface area contributed by atoms with Gasteiger partial charge in [-0.2, -0.15) is 10.5 Å². The third-order valence-electron chi connectivity index (χ3n) is 4.26. The van der Waals surface area contributed by atoms with Gasteiger partial charge >= 0.3 is 0 Å². The van der Waals surface area contributed by atoms with Crippen molar-refractivity contribution in [3.05, 3.63) is 29.3 Å². The van der Waals surface area contributed by atoms with Gasteiger partial charge in [-0.05, 0) is 37.1 Å². The molecule has 1 fully saturated rings. The van der Waals surface area contributed by atoms with Crippen molar-refractivity contribution in [1.82, 2.24) is 5.32 Å². The zero-order valence-corrected chi connectivity index (χ0v) is 12.2. The molecule has 0 saturated carbocycles. The third-order valence-corrected chi connectivity index (χ3v) is 4.26. The quantitative estimate of drug-likeness (QED) is 0.887. The molecular formula is C16H18N4O. The Hall–Kier alpha value is -2.37. The molecule has 5 nitrogen and oxygen atoms in total. The molecule has 1 unspecified atom stereocenters. The van der Waals surface area contributed by atoms with Crippen molar-refractivity contribution in [2.45, 2.75) is 20.3 Å². The first kappa shape index (κ1) is 15.0. The summed E-state index contributed by atoms with van der Waals surface area (Å²) in [5.41, 5.74) is 0.735. The number of anilines is 1. The van der Waals surface area contributed by atoms with Gasteiger partial charge in [0.2, 0.25) is 5.91 Å². The molecule has 1 aliphatic heterocycles. The largest absolute Gasteiger partial charge is 0.326 e. The summed E-state index contributed by atoms with van der Waals surface area (Å²) in [7, 11) is 0. The number of nitriles is 2. The lowest BCUT2D eigenvalue weighted by molar-refractivity contribution is -0.126. The van der Waals surface area contributed by atoms with Gasteiger partial charge in [-0.15, -0.1) is 0 Å². The van der Waals surface area contributed by atoms with Gasteiger partial charge in [0.15, 0.2) is 0 Å². The predicted octanol–water partition coefficient (Wildman–Crippen LogP) is 2.00. The first-order valence-electron chi connectivity index (χ1n) is 7.00. The summed E-state index contributed by atoms with van der Waals surface area (Å²) in [6.45, 7) is 5.60. The Bertz CT molecular complexity index is 631. The van der Waals surface area contributed by atoms with Crippen molar-refractivity contribution >= 4 is 11.6 Å². The van der Waals surface area contributed by atoms with Crippen LogP contribution < -0.4 is 10.6 Å². The highest BCUT2D eigenvalue weighted by atomic mass is 16.2. The van der Waals surface area contributed by atoms with Crippen LogP contribution in [-0.4, -0.2) is 19.0 Å². The summed E-state index contributed by atoms with van der Waals surface area (Å²) in [5, 5.41) is 24.1. The summed E-state index contributed by atoms with van der Waals surface area (Å²) in [6, 6.07) is 8.71. The summed E-state index contributed by atoms with van der Waals surface area (Å²) in [6.07, 6.45) is 0.803. The Morgan fingerprint density at radius 3 is 2.57 bits per heavy atom. The molecule has 1 aromatic carbocycles. The normalized spacial score (nSPS) is 20.8. The van der Waals surface area contributed by atoms with E-state index in [-0.39, 0.29) is 17.4 Å². The molecule has 0 aromatic heterocycles. The number of hydrogen-bond acceptors (Lipinski definition) is 4. The molecule has 21 heavy (non-hydrogen) atoms. The lowest BCUT2D eigenvalue weighted by Gasteiger charge is -2.31. The first-order chi connectivity index (χ1) is 10.0. The lowest BCUT2D eigenvalue weighted by Crippen LogP contribution is -2.42. The molecular weight excluding hydrogens is 264 g/mol. The molecule has 1 aromatic rings. The summed E-state index contributed by atoms with van der Waals surface area (Å²) in [5.74, 6) is 0.192. The van der Waals surface area contributed by atoms with E-state index < -0.39 is 5.41 Å². The molecule has 1 aliphatic rings. The zero-order chi connectivity index (χ0) is 15.5. The Morgan fingerprint density at radius 2 is 2.05 bits per heavy atom. The zero-order valence-electron chi connectivity index (χ0n) is 12.2. The Morgan fingerprint density at radius 1 is 1.33 bits per heavy atom. The fourth-order valence-electron chi connectivity index (χ4n) is 2.73. The second-order valence-electron chi connectivity index (χ2n) is 5.68. The fraction of sp³-hybridized carbons (Fsp3) is 0.438. The van der Waals surface area contributed by atoms with E-state index in [0.29, 0.717) is 17.8 Å². The van der Waals surface area contributed by atoms with Crippen LogP contribution in [0.5, 0.6) is 0 Å². The average Bonchev–Trinajstić information content (AvgIpc) is 2.98. The third kappa shape index (κ3) is 2.74. The van der Waals surface area contributed by atoms with Crippen LogP contribution in [0.25, 0.3) is 0 Å². The van der Waals surface area contributed by atoms with Crippen molar-refractivity contribution in [2.24, 2.45) is 11.3 Å². The molecule has 2 rings (SSSR count). The molecule has 1 amide bonds. The van der Waals surface area contributed by atoms with Gasteiger partial charge in [0.05, 0.1) is 16.5 Å². The number of carbonyl (C=O) groups is 1. The van der Waals surface area contributed by atoms with E-state index in [9.17, 15) is 4.79 Å². The topological polar surface area (TPSA) is 88.7 Å². The van der Waals surface area contributed by atoms with E-state index in [0.717, 1.165) is 13.0 Å². The highest BCUT2D eigenvalue weighted by Crippen LogP contribution is 2.35. The van der Waals surface area contributed by atoms with Gasteiger partial charge in [0, 0.05) is 12.2 Å². The maximum atomic E-state index is 12.6. The minimum absolute atomic E-state index is 0.0314. The number of benzene rings is 1. The maximum absolute atomic E-state index is 12.6. The standard InChI is InChI=1S/C16H18N4O/c1-11(2)16(5-6-19-10-16)15(21)20-14-4-3-12(8-17)13(7-14)9-18/h3-4,7,11,19H,5-6,10H2,1-2H3,(H,20,21). The van der Waals surface area contributed by atoms with E-state index in [1.807, 2.05) is 26.0 Å². The smallest absolute Gasteiger partial charge is 0.232 e. The number of carbonyl (C=O) groups excluding carboxylic acids is 1. The first-order valence-corrected chi connectivity index (χ1v) is 7.00. The van der Waals surface area contributed by atoms with Gasteiger partial charge in [0.1, 0.15) is 12.1 Å². The molecule has 1 atom stereocenters. The van der Waals surface area contributed by atoms with Crippen LogP contribution >= 0.6 is 0 Å². The van der Waals surface area contributed by atoms with E-state index in [4.69, 9.17) is 10.5 Å². The number of nitrogens with one attached hydrogen (secondary N) is 2. The second kappa shape index (κ2) is 5.95. The van der Waals surface area contributed by atoms with E-state index in [1.165, 1.54) is 0 Å². The van der Waals surface area contributed by atoms with Crippen LogP contribution in [-0.2, 0) is 4.79 Å². The minimum atomic E-state index is -0.416.